The summed E-state index contributed by atoms with van der Waals surface area (Å²) in [6.45, 7) is 1.04. The van der Waals surface area contributed by atoms with Gasteiger partial charge < -0.3 is 15.8 Å². The molecule has 0 radical (unpaired) electrons. The molecule has 3 rings (SSSR count). The highest BCUT2D eigenvalue weighted by atomic mass is 16.5. The van der Waals surface area contributed by atoms with E-state index in [2.05, 4.69) is 10.3 Å². The Bertz CT molecular complexity index is 546. The molecule has 0 bridgehead atoms. The number of nitrogens with zero attached hydrogens (tertiary/aromatic N) is 2. The van der Waals surface area contributed by atoms with Crippen LogP contribution in [0, 0.1) is 5.92 Å². The van der Waals surface area contributed by atoms with Gasteiger partial charge in [-0.3, -0.25) is 14.5 Å². The Morgan fingerprint density at radius 2 is 2.32 bits per heavy atom. The van der Waals surface area contributed by atoms with Crippen LogP contribution in [-0.4, -0.2) is 36.5 Å². The molecule has 1 aromatic rings. The number of anilines is 2. The van der Waals surface area contributed by atoms with Gasteiger partial charge >= 0.3 is 0 Å². The second kappa shape index (κ2) is 4.51. The van der Waals surface area contributed by atoms with Gasteiger partial charge in [0.25, 0.3) is 5.91 Å². The van der Waals surface area contributed by atoms with Crippen molar-refractivity contribution in [3.63, 3.8) is 0 Å². The van der Waals surface area contributed by atoms with Crippen molar-refractivity contribution in [3.8, 4) is 5.75 Å². The van der Waals surface area contributed by atoms with Gasteiger partial charge in [0.05, 0.1) is 0 Å². The van der Waals surface area contributed by atoms with E-state index in [4.69, 9.17) is 10.5 Å². The summed E-state index contributed by atoms with van der Waals surface area (Å²) in [4.78, 5) is 29.0. The van der Waals surface area contributed by atoms with Crippen molar-refractivity contribution in [1.82, 2.24) is 4.98 Å². The molecule has 7 nitrogen and oxygen atoms in total. The number of fused-ring (bicyclic) bond motifs is 1. The lowest BCUT2D eigenvalue weighted by Crippen LogP contribution is -2.29. The van der Waals surface area contributed by atoms with Gasteiger partial charge in [-0.05, 0) is 24.6 Å². The predicted octanol–water partition coefficient (Wildman–Crippen LogP) is -0.276. The largest absolute Gasteiger partial charge is 0.480 e. The molecule has 2 aliphatic heterocycles. The molecule has 1 fully saturated rings. The molecule has 1 atom stereocenters. The number of rotatable bonds is 2. The summed E-state index contributed by atoms with van der Waals surface area (Å²) in [6, 6.07) is 3.42. The minimum atomic E-state index is -0.246. The molecule has 0 aliphatic carbocycles. The van der Waals surface area contributed by atoms with Crippen molar-refractivity contribution < 1.29 is 14.3 Å². The third-order valence-corrected chi connectivity index (χ3v) is 3.28. The summed E-state index contributed by atoms with van der Waals surface area (Å²) in [6.07, 6.45) is 0.443. The fraction of sp³-hybridized carbons (Fsp3) is 0.417. The van der Waals surface area contributed by atoms with Gasteiger partial charge in [-0.2, -0.15) is 0 Å². The van der Waals surface area contributed by atoms with Gasteiger partial charge in [-0.25, -0.2) is 4.98 Å². The zero-order valence-electron chi connectivity index (χ0n) is 10.3. The van der Waals surface area contributed by atoms with E-state index in [1.54, 1.807) is 17.0 Å². The number of hydrogen-bond acceptors (Lipinski definition) is 5. The lowest BCUT2D eigenvalue weighted by atomic mass is 10.1. The van der Waals surface area contributed by atoms with Crippen LogP contribution < -0.4 is 20.7 Å². The van der Waals surface area contributed by atoms with Crippen molar-refractivity contribution in [2.24, 2.45) is 11.7 Å². The minimum absolute atomic E-state index is 0.00551. The maximum Gasteiger partial charge on any atom is 0.263 e. The number of carbonyl (C=O) groups is 2. The molecule has 0 unspecified atom stereocenters. The Morgan fingerprint density at radius 3 is 3.05 bits per heavy atom. The molecule has 7 heteroatoms. The number of ether oxygens (including phenoxy) is 1. The first-order chi connectivity index (χ1) is 9.17. The van der Waals surface area contributed by atoms with E-state index in [0.29, 0.717) is 36.9 Å². The first-order valence-corrected chi connectivity index (χ1v) is 6.11. The summed E-state index contributed by atoms with van der Waals surface area (Å²) in [7, 11) is 0. The van der Waals surface area contributed by atoms with Crippen molar-refractivity contribution in [2.45, 2.75) is 6.42 Å². The van der Waals surface area contributed by atoms with Gasteiger partial charge in [0.1, 0.15) is 5.82 Å². The molecule has 19 heavy (non-hydrogen) atoms. The third kappa shape index (κ3) is 2.12. The second-order valence-corrected chi connectivity index (χ2v) is 4.66. The summed E-state index contributed by atoms with van der Waals surface area (Å²) in [5.74, 6) is 1.32. The van der Waals surface area contributed by atoms with Crippen LogP contribution in [0.25, 0.3) is 0 Å². The number of carbonyl (C=O) groups excluding carboxylic acids is 2. The van der Waals surface area contributed by atoms with E-state index in [-0.39, 0.29) is 24.3 Å². The van der Waals surface area contributed by atoms with Crippen LogP contribution in [0.5, 0.6) is 5.75 Å². The van der Waals surface area contributed by atoms with Crippen LogP contribution in [0.2, 0.25) is 0 Å². The van der Waals surface area contributed by atoms with Gasteiger partial charge in [-0.1, -0.05) is 0 Å². The van der Waals surface area contributed by atoms with Crippen LogP contribution >= 0.6 is 0 Å². The molecule has 3 heterocycles. The molecule has 1 saturated heterocycles. The van der Waals surface area contributed by atoms with Crippen LogP contribution in [-0.2, 0) is 9.59 Å². The zero-order chi connectivity index (χ0) is 13.4. The Morgan fingerprint density at radius 1 is 1.47 bits per heavy atom. The fourth-order valence-corrected chi connectivity index (χ4v) is 2.26. The lowest BCUT2D eigenvalue weighted by Gasteiger charge is -2.20. The van der Waals surface area contributed by atoms with Crippen molar-refractivity contribution in [1.29, 1.82) is 0 Å². The molecule has 2 aliphatic rings. The molecular formula is C12H14N4O3. The first-order valence-electron chi connectivity index (χ1n) is 6.11. The van der Waals surface area contributed by atoms with Gasteiger partial charge in [0, 0.05) is 13.0 Å². The van der Waals surface area contributed by atoms with Crippen LogP contribution in [0.4, 0.5) is 11.6 Å². The highest BCUT2D eigenvalue weighted by Gasteiger charge is 2.31. The Balaban J connectivity index is 1.88. The van der Waals surface area contributed by atoms with Crippen LogP contribution in [0.3, 0.4) is 0 Å². The van der Waals surface area contributed by atoms with Crippen molar-refractivity contribution in [3.05, 3.63) is 12.1 Å². The maximum atomic E-state index is 11.9. The second-order valence-electron chi connectivity index (χ2n) is 4.66. The molecule has 0 spiro atoms. The zero-order valence-corrected chi connectivity index (χ0v) is 10.3. The average molecular weight is 262 g/mol. The average Bonchev–Trinajstić information content (AvgIpc) is 2.79. The van der Waals surface area contributed by atoms with E-state index in [9.17, 15) is 9.59 Å². The number of pyridine rings is 1. The standard InChI is InChI=1S/C12H14N4O3/c13-4-7-3-11(18)16(5-7)9-2-1-8-12(14-9)15-10(17)6-19-8/h1-2,7H,3-6,13H2,(H,14,15,17)/t7-/m0/s1. The molecule has 1 aromatic heterocycles. The number of nitrogens with two attached hydrogens (primary N) is 1. The first kappa shape index (κ1) is 11.9. The normalized spacial score (nSPS) is 21.9. The van der Waals surface area contributed by atoms with E-state index in [0.717, 1.165) is 0 Å². The predicted molar refractivity (Wildman–Crippen MR) is 67.9 cm³/mol. The van der Waals surface area contributed by atoms with Crippen LogP contribution in [0.15, 0.2) is 12.1 Å². The summed E-state index contributed by atoms with van der Waals surface area (Å²) in [5, 5.41) is 2.63. The Kier molecular flexibility index (Phi) is 2.83. The van der Waals surface area contributed by atoms with E-state index in [1.807, 2.05) is 0 Å². The summed E-state index contributed by atoms with van der Waals surface area (Å²) < 4.78 is 5.22. The van der Waals surface area contributed by atoms with E-state index in [1.165, 1.54) is 0 Å². The van der Waals surface area contributed by atoms with E-state index < -0.39 is 0 Å². The number of amides is 2. The summed E-state index contributed by atoms with van der Waals surface area (Å²) in [5.41, 5.74) is 5.59. The smallest absolute Gasteiger partial charge is 0.263 e. The molecule has 3 N–H and O–H groups in total. The molecule has 100 valence electrons. The number of hydrogen-bond donors (Lipinski definition) is 2. The maximum absolute atomic E-state index is 11.9. The van der Waals surface area contributed by atoms with Gasteiger partial charge in [-0.15, -0.1) is 0 Å². The minimum Gasteiger partial charge on any atom is -0.480 e. The lowest BCUT2D eigenvalue weighted by molar-refractivity contribution is -0.118. The van der Waals surface area contributed by atoms with E-state index >= 15 is 0 Å². The van der Waals surface area contributed by atoms with Crippen molar-refractivity contribution >= 4 is 23.5 Å². The third-order valence-electron chi connectivity index (χ3n) is 3.28. The quantitative estimate of drug-likeness (QED) is 0.764. The van der Waals surface area contributed by atoms with Crippen LogP contribution in [0.1, 0.15) is 6.42 Å². The number of aromatic nitrogens is 1. The summed E-state index contributed by atoms with van der Waals surface area (Å²) >= 11 is 0. The molecule has 0 saturated carbocycles. The fourth-order valence-electron chi connectivity index (χ4n) is 2.26. The van der Waals surface area contributed by atoms with Crippen molar-refractivity contribution in [2.75, 3.05) is 29.9 Å². The Labute approximate surface area is 109 Å². The number of nitrogens with one attached hydrogen (secondary N) is 1. The monoisotopic (exact) mass is 262 g/mol. The topological polar surface area (TPSA) is 97.5 Å². The SMILES string of the molecule is NC[C@@H]1CC(=O)N(c2ccc3c(n2)NC(=O)CO3)C1. The molecule has 2 amide bonds. The Hall–Kier alpha value is -2.15. The van der Waals surface area contributed by atoms with Gasteiger partial charge in [0.15, 0.2) is 18.2 Å². The molecular weight excluding hydrogens is 248 g/mol. The highest BCUT2D eigenvalue weighted by molar-refractivity contribution is 5.97. The van der Waals surface area contributed by atoms with Gasteiger partial charge in [0.2, 0.25) is 5.91 Å². The highest BCUT2D eigenvalue weighted by Crippen LogP contribution is 2.30. The molecule has 0 aromatic carbocycles.